The molecule has 0 aliphatic heterocycles. The van der Waals surface area contributed by atoms with Crippen molar-refractivity contribution in [1.82, 2.24) is 0 Å². The van der Waals surface area contributed by atoms with E-state index in [0.29, 0.717) is 0 Å². The molecule has 1 aliphatic carbocycles. The Morgan fingerprint density at radius 2 is 0.872 bits per heavy atom. The lowest BCUT2D eigenvalue weighted by atomic mass is 9.77. The van der Waals surface area contributed by atoms with Crippen LogP contribution >= 0.6 is 0 Å². The lowest BCUT2D eigenvalue weighted by Crippen LogP contribution is -2.15. The highest BCUT2D eigenvalue weighted by atomic mass is 15.1. The predicted octanol–water partition coefficient (Wildman–Crippen LogP) is 13.4. The molecule has 0 bridgehead atoms. The number of hydrogen-bond acceptors (Lipinski definition) is 1. The van der Waals surface area contributed by atoms with Crippen molar-refractivity contribution in [2.45, 2.75) is 52.4 Å². The first-order chi connectivity index (χ1) is 22.5. The highest BCUT2D eigenvalue weighted by molar-refractivity contribution is 6.12. The van der Waals surface area contributed by atoms with Crippen molar-refractivity contribution in [1.29, 1.82) is 0 Å². The smallest absolute Gasteiger partial charge is 0.0468 e. The van der Waals surface area contributed by atoms with Crippen LogP contribution in [0.1, 0.15) is 52.7 Å². The van der Waals surface area contributed by atoms with Crippen molar-refractivity contribution >= 4 is 38.6 Å². The van der Waals surface area contributed by atoms with Gasteiger partial charge in [-0.25, -0.2) is 0 Å². The van der Waals surface area contributed by atoms with Crippen LogP contribution in [-0.2, 0) is 10.8 Å². The van der Waals surface area contributed by atoms with Crippen LogP contribution in [0.3, 0.4) is 0 Å². The van der Waals surface area contributed by atoms with E-state index >= 15 is 0 Å². The zero-order chi connectivity index (χ0) is 32.5. The maximum Gasteiger partial charge on any atom is 0.0468 e. The number of rotatable bonds is 4. The van der Waals surface area contributed by atoms with Crippen LogP contribution in [0.15, 0.2) is 140 Å². The summed E-state index contributed by atoms with van der Waals surface area (Å²) in [6, 6.07) is 52.1. The lowest BCUT2D eigenvalue weighted by molar-refractivity contribution is 0.590. The van der Waals surface area contributed by atoms with E-state index in [1.807, 2.05) is 0 Å². The monoisotopic (exact) mass is 607 g/mol. The van der Waals surface area contributed by atoms with Gasteiger partial charge in [0, 0.05) is 17.1 Å². The highest BCUT2D eigenvalue weighted by Crippen LogP contribution is 2.51. The van der Waals surface area contributed by atoms with Gasteiger partial charge in [0.1, 0.15) is 0 Å². The molecule has 0 fully saturated rings. The normalized spacial score (nSPS) is 12.5. The largest absolute Gasteiger partial charge is 0.310 e. The summed E-state index contributed by atoms with van der Waals surface area (Å²) >= 11 is 0. The number of anilines is 3. The maximum atomic E-state index is 2.41. The molecule has 0 saturated heterocycles. The minimum Gasteiger partial charge on any atom is -0.310 e. The molecule has 8 rings (SSSR count). The van der Waals surface area contributed by atoms with Gasteiger partial charge in [-0.2, -0.15) is 0 Å². The van der Waals surface area contributed by atoms with Crippen molar-refractivity contribution < 1.29 is 0 Å². The highest BCUT2D eigenvalue weighted by Gasteiger charge is 2.25. The van der Waals surface area contributed by atoms with E-state index in [0.717, 1.165) is 0 Å². The zero-order valence-corrected chi connectivity index (χ0v) is 28.2. The second-order valence-electron chi connectivity index (χ2n) is 15.2. The van der Waals surface area contributed by atoms with Gasteiger partial charge < -0.3 is 4.90 Å². The third-order valence-corrected chi connectivity index (χ3v) is 9.84. The predicted molar refractivity (Wildman–Crippen MR) is 203 cm³/mol. The molecule has 0 atom stereocenters. The third kappa shape index (κ3) is 5.21. The van der Waals surface area contributed by atoms with E-state index in [1.54, 1.807) is 0 Å². The van der Waals surface area contributed by atoms with Gasteiger partial charge in [0.15, 0.2) is 0 Å². The molecule has 0 unspecified atom stereocenters. The minimum absolute atomic E-state index is 0.0597. The lowest BCUT2D eigenvalue weighted by Gasteiger charge is -2.29. The Morgan fingerprint density at radius 1 is 0.340 bits per heavy atom. The van der Waals surface area contributed by atoms with Gasteiger partial charge in [-0.3, -0.25) is 0 Å². The Kier molecular flexibility index (Phi) is 6.67. The molecule has 0 amide bonds. The summed E-state index contributed by atoms with van der Waals surface area (Å²) in [4.78, 5) is 2.41. The second-order valence-corrected chi connectivity index (χ2v) is 15.2. The van der Waals surface area contributed by atoms with Gasteiger partial charge in [-0.15, -0.1) is 0 Å². The summed E-state index contributed by atoms with van der Waals surface area (Å²) in [7, 11) is 0. The van der Waals surface area contributed by atoms with Gasteiger partial charge in [0.2, 0.25) is 0 Å². The minimum atomic E-state index is 0.0597. The van der Waals surface area contributed by atoms with E-state index in [9.17, 15) is 0 Å². The SMILES string of the molecule is CC(C)(C)c1ccc(N(c2cccc(C(C)(C)C)c2)c2ccc3cc4c(cc3c2)-c2cc3ccc(-c5ccccc5)cc3cc2-4)cc1. The quantitative estimate of drug-likeness (QED) is 0.192. The van der Waals surface area contributed by atoms with Crippen LogP contribution in [0.5, 0.6) is 0 Å². The van der Waals surface area contributed by atoms with Crippen molar-refractivity contribution in [3.63, 3.8) is 0 Å². The number of nitrogens with zero attached hydrogens (tertiary/aromatic N) is 1. The first-order valence-corrected chi connectivity index (χ1v) is 16.8. The van der Waals surface area contributed by atoms with Crippen LogP contribution < -0.4 is 4.90 Å². The summed E-state index contributed by atoms with van der Waals surface area (Å²) in [6.45, 7) is 13.7. The van der Waals surface area contributed by atoms with E-state index < -0.39 is 0 Å². The molecule has 7 aromatic rings. The molecule has 47 heavy (non-hydrogen) atoms. The van der Waals surface area contributed by atoms with Crippen molar-refractivity contribution in [2.24, 2.45) is 0 Å². The van der Waals surface area contributed by atoms with Crippen molar-refractivity contribution in [3.05, 3.63) is 151 Å². The Morgan fingerprint density at radius 3 is 1.49 bits per heavy atom. The van der Waals surface area contributed by atoms with Gasteiger partial charge in [0.25, 0.3) is 0 Å². The molecule has 0 aromatic heterocycles. The van der Waals surface area contributed by atoms with E-state index in [-0.39, 0.29) is 10.8 Å². The molecule has 1 nitrogen and oxygen atoms in total. The van der Waals surface area contributed by atoms with E-state index in [2.05, 4.69) is 186 Å². The average molecular weight is 608 g/mol. The summed E-state index contributed by atoms with van der Waals surface area (Å²) in [5.74, 6) is 0. The maximum absolute atomic E-state index is 2.41. The second kappa shape index (κ2) is 10.7. The summed E-state index contributed by atoms with van der Waals surface area (Å²) in [6.07, 6.45) is 0. The first kappa shape index (κ1) is 29.3. The first-order valence-electron chi connectivity index (χ1n) is 16.8. The molecule has 7 aromatic carbocycles. The van der Waals surface area contributed by atoms with Crippen molar-refractivity contribution in [2.75, 3.05) is 4.90 Å². The van der Waals surface area contributed by atoms with Crippen LogP contribution in [-0.4, -0.2) is 0 Å². The van der Waals surface area contributed by atoms with Crippen molar-refractivity contribution in [3.8, 4) is 33.4 Å². The van der Waals surface area contributed by atoms with Gasteiger partial charge in [-0.1, -0.05) is 114 Å². The zero-order valence-electron chi connectivity index (χ0n) is 28.2. The molecule has 0 heterocycles. The van der Waals surface area contributed by atoms with Crippen LogP contribution in [0, 0.1) is 0 Å². The standard InChI is InChI=1S/C46H41N/c1-45(2,3)36-18-21-38(22-19-36)47(39-14-10-13-37(29-39)46(4,5)6)40-20-17-33-26-42-43-27-34-23-31(30-11-8-7-9-12-30)15-16-32(34)25-41(43)44(42)28-35(33)24-40/h7-29H,1-6H3. The summed E-state index contributed by atoms with van der Waals surface area (Å²) < 4.78 is 0. The molecule has 1 aliphatic rings. The van der Waals surface area contributed by atoms with Crippen LogP contribution in [0.25, 0.3) is 54.9 Å². The molecule has 1 heteroatoms. The Balaban J connectivity index is 1.21. The van der Waals surface area contributed by atoms with Gasteiger partial charge >= 0.3 is 0 Å². The molecular weight excluding hydrogens is 567 g/mol. The topological polar surface area (TPSA) is 3.24 Å². The van der Waals surface area contributed by atoms with Crippen LogP contribution in [0.2, 0.25) is 0 Å². The number of fused-ring (bicyclic) bond motifs is 6. The van der Waals surface area contributed by atoms with E-state index in [1.165, 1.54) is 83.1 Å². The Hall–Kier alpha value is -5.14. The van der Waals surface area contributed by atoms with Gasteiger partial charge in [0.05, 0.1) is 0 Å². The molecule has 0 radical (unpaired) electrons. The Labute approximate surface area is 279 Å². The average Bonchev–Trinajstić information content (AvgIpc) is 3.06. The summed E-state index contributed by atoms with van der Waals surface area (Å²) in [5.41, 5.74) is 14.2. The molecular formula is C46H41N. The van der Waals surface area contributed by atoms with E-state index in [4.69, 9.17) is 0 Å². The fourth-order valence-corrected chi connectivity index (χ4v) is 7.03. The molecule has 0 N–H and O–H groups in total. The Bertz CT molecular complexity index is 2290. The number of benzene rings is 7. The number of hydrogen-bond donors (Lipinski definition) is 0. The molecule has 0 spiro atoms. The molecule has 230 valence electrons. The fourth-order valence-electron chi connectivity index (χ4n) is 7.03. The van der Waals surface area contributed by atoms with Crippen LogP contribution in [0.4, 0.5) is 17.1 Å². The summed E-state index contributed by atoms with van der Waals surface area (Å²) in [5, 5.41) is 5.10. The molecule has 0 saturated carbocycles. The fraction of sp³-hybridized carbons (Fsp3) is 0.174. The van der Waals surface area contributed by atoms with Gasteiger partial charge in [-0.05, 0) is 144 Å². The third-order valence-electron chi connectivity index (χ3n) is 9.84.